The number of hydrogen-bond donors (Lipinski definition) is 0. The highest BCUT2D eigenvalue weighted by Gasteiger charge is 2.35. The summed E-state index contributed by atoms with van der Waals surface area (Å²) in [5, 5.41) is -0.745. The zero-order valence-corrected chi connectivity index (χ0v) is 13.5. The van der Waals surface area contributed by atoms with Crippen LogP contribution in [0.5, 0.6) is 0 Å². The summed E-state index contributed by atoms with van der Waals surface area (Å²) in [6.45, 7) is 0.542. The topological polar surface area (TPSA) is 61.8 Å². The molecule has 1 aromatic carbocycles. The third kappa shape index (κ3) is 4.94. The lowest BCUT2D eigenvalue weighted by molar-refractivity contribution is -0.140. The Morgan fingerprint density at radius 2 is 1.75 bits per heavy atom. The molecule has 20 heavy (non-hydrogen) atoms. The monoisotopic (exact) mass is 318 g/mol. The highest BCUT2D eigenvalue weighted by molar-refractivity contribution is 8.55. The van der Waals surface area contributed by atoms with Crippen LogP contribution in [0.1, 0.15) is 24.7 Å². The Labute approximate surface area is 123 Å². The smallest absolute Gasteiger partial charge is 0.390 e. The van der Waals surface area contributed by atoms with Gasteiger partial charge < -0.3 is 13.8 Å². The molecule has 0 aromatic heterocycles. The van der Waals surface area contributed by atoms with E-state index in [1.165, 1.54) is 7.11 Å². The summed E-state index contributed by atoms with van der Waals surface area (Å²) in [6.07, 6.45) is 0. The summed E-state index contributed by atoms with van der Waals surface area (Å²) in [5.74, 6) is -0.485. The average molecular weight is 318 g/mol. The van der Waals surface area contributed by atoms with Gasteiger partial charge in [-0.3, -0.25) is 4.79 Å². The van der Waals surface area contributed by atoms with Crippen LogP contribution >= 0.6 is 18.2 Å². The molecule has 5 nitrogen and oxygen atoms in total. The quantitative estimate of drug-likeness (QED) is 0.536. The van der Waals surface area contributed by atoms with Crippen LogP contribution in [0.4, 0.5) is 0 Å². The Balaban J connectivity index is 3.00. The lowest BCUT2D eigenvalue weighted by atomic mass is 10.1. The number of esters is 1. The molecular weight excluding hydrogens is 299 g/mol. The third-order valence-electron chi connectivity index (χ3n) is 2.33. The summed E-state index contributed by atoms with van der Waals surface area (Å²) in [7, 11) is 1.30. The summed E-state index contributed by atoms with van der Waals surface area (Å²) in [5.41, 5.74) is 0.698. The van der Waals surface area contributed by atoms with Crippen molar-refractivity contribution in [2.75, 3.05) is 20.3 Å². The minimum absolute atomic E-state index is 0.243. The molecule has 0 bridgehead atoms. The van der Waals surface area contributed by atoms with Gasteiger partial charge in [-0.15, -0.1) is 0 Å². The molecule has 0 aliphatic carbocycles. The SMILES string of the molecule is CCOP(=O)(OCC)SC(C(=O)OC)c1ccccc1. The first kappa shape index (κ1) is 17.2. The van der Waals surface area contributed by atoms with Crippen molar-refractivity contribution >= 4 is 24.1 Å². The van der Waals surface area contributed by atoms with Gasteiger partial charge in [-0.25, -0.2) is 4.57 Å². The lowest BCUT2D eigenvalue weighted by Gasteiger charge is -2.21. The summed E-state index contributed by atoms with van der Waals surface area (Å²) >= 11 is 0.864. The number of methoxy groups -OCH3 is 1. The molecule has 0 saturated heterocycles. The molecule has 1 aromatic rings. The first-order valence-corrected chi connectivity index (χ1v) is 9.29. The minimum atomic E-state index is -3.39. The summed E-state index contributed by atoms with van der Waals surface area (Å²) in [6, 6.07) is 9.00. The van der Waals surface area contributed by atoms with Gasteiger partial charge in [-0.05, 0) is 30.8 Å². The summed E-state index contributed by atoms with van der Waals surface area (Å²) < 4.78 is 27.7. The van der Waals surface area contributed by atoms with E-state index in [2.05, 4.69) is 0 Å². The van der Waals surface area contributed by atoms with Crippen LogP contribution in [0, 0.1) is 0 Å². The molecule has 1 atom stereocenters. The second-order valence-electron chi connectivity index (χ2n) is 3.70. The highest BCUT2D eigenvalue weighted by atomic mass is 32.7. The maximum Gasteiger partial charge on any atom is 0.390 e. The Morgan fingerprint density at radius 1 is 1.20 bits per heavy atom. The molecule has 0 fully saturated rings. The molecule has 1 unspecified atom stereocenters. The number of rotatable bonds is 8. The van der Waals surface area contributed by atoms with Crippen LogP contribution < -0.4 is 0 Å². The molecule has 0 spiro atoms. The van der Waals surface area contributed by atoms with E-state index < -0.39 is 18.0 Å². The van der Waals surface area contributed by atoms with E-state index in [1.54, 1.807) is 38.1 Å². The molecule has 0 N–H and O–H groups in total. The molecular formula is C13H19O5PS. The average Bonchev–Trinajstić information content (AvgIpc) is 2.45. The fourth-order valence-corrected chi connectivity index (χ4v) is 5.46. The Hall–Kier alpha value is -0.810. The molecule has 0 saturated carbocycles. The minimum Gasteiger partial charge on any atom is -0.468 e. The predicted molar refractivity (Wildman–Crippen MR) is 79.6 cm³/mol. The zero-order chi connectivity index (χ0) is 15.0. The first-order chi connectivity index (χ1) is 9.56. The van der Waals surface area contributed by atoms with Gasteiger partial charge in [0.25, 0.3) is 0 Å². The predicted octanol–water partition coefficient (Wildman–Crippen LogP) is 3.82. The molecule has 112 valence electrons. The largest absolute Gasteiger partial charge is 0.468 e. The van der Waals surface area contributed by atoms with Crippen molar-refractivity contribution in [1.29, 1.82) is 0 Å². The third-order valence-corrected chi connectivity index (χ3v) is 6.45. The van der Waals surface area contributed by atoms with E-state index in [9.17, 15) is 9.36 Å². The van der Waals surface area contributed by atoms with Gasteiger partial charge in [0.05, 0.1) is 20.3 Å². The van der Waals surface area contributed by atoms with Crippen molar-refractivity contribution < 1.29 is 23.1 Å². The number of benzene rings is 1. The van der Waals surface area contributed by atoms with Gasteiger partial charge in [0.1, 0.15) is 5.25 Å². The van der Waals surface area contributed by atoms with E-state index in [-0.39, 0.29) is 13.2 Å². The van der Waals surface area contributed by atoms with Crippen LogP contribution in [0.3, 0.4) is 0 Å². The van der Waals surface area contributed by atoms with Crippen LogP contribution in [0.2, 0.25) is 0 Å². The van der Waals surface area contributed by atoms with E-state index >= 15 is 0 Å². The van der Waals surface area contributed by atoms with Gasteiger partial charge >= 0.3 is 12.8 Å². The van der Waals surface area contributed by atoms with Crippen LogP contribution in [-0.2, 0) is 23.1 Å². The molecule has 0 aliphatic rings. The van der Waals surface area contributed by atoms with Gasteiger partial charge in [-0.2, -0.15) is 0 Å². The Bertz CT molecular complexity index is 455. The number of carbonyl (C=O) groups is 1. The van der Waals surface area contributed by atoms with Gasteiger partial charge in [-0.1, -0.05) is 30.3 Å². The van der Waals surface area contributed by atoms with Crippen LogP contribution in [0.25, 0.3) is 0 Å². The maximum absolute atomic E-state index is 12.5. The van der Waals surface area contributed by atoms with Crippen LogP contribution in [0.15, 0.2) is 30.3 Å². The van der Waals surface area contributed by atoms with E-state index in [1.807, 2.05) is 6.07 Å². The fourth-order valence-electron chi connectivity index (χ4n) is 1.52. The van der Waals surface area contributed by atoms with Crippen molar-refractivity contribution in [2.24, 2.45) is 0 Å². The van der Waals surface area contributed by atoms with Crippen molar-refractivity contribution in [3.8, 4) is 0 Å². The molecule has 0 aliphatic heterocycles. The van der Waals surface area contributed by atoms with Crippen molar-refractivity contribution in [2.45, 2.75) is 19.1 Å². The molecule has 0 radical (unpaired) electrons. The first-order valence-electron chi connectivity index (χ1n) is 6.26. The lowest BCUT2D eigenvalue weighted by Crippen LogP contribution is -2.11. The zero-order valence-electron chi connectivity index (χ0n) is 11.8. The normalized spacial score (nSPS) is 12.9. The highest BCUT2D eigenvalue weighted by Crippen LogP contribution is 2.65. The number of hydrogen-bond acceptors (Lipinski definition) is 6. The number of ether oxygens (including phenoxy) is 1. The van der Waals surface area contributed by atoms with Crippen LogP contribution in [-0.4, -0.2) is 26.3 Å². The summed E-state index contributed by atoms with van der Waals surface area (Å²) in [4.78, 5) is 11.9. The Kier molecular flexibility index (Phi) is 7.30. The van der Waals surface area contributed by atoms with Crippen molar-refractivity contribution in [1.82, 2.24) is 0 Å². The van der Waals surface area contributed by atoms with E-state index in [0.717, 1.165) is 11.4 Å². The Morgan fingerprint density at radius 3 is 2.20 bits per heavy atom. The number of carbonyl (C=O) groups excluding carboxylic acids is 1. The molecule has 1 rings (SSSR count). The van der Waals surface area contributed by atoms with Gasteiger partial charge in [0.2, 0.25) is 0 Å². The standard InChI is InChI=1S/C13H19O5PS/c1-4-17-19(15,18-5-2)20-12(13(14)16-3)11-9-7-6-8-10-11/h6-10,12H,4-5H2,1-3H3. The van der Waals surface area contributed by atoms with Crippen molar-refractivity contribution in [3.63, 3.8) is 0 Å². The second kappa shape index (κ2) is 8.47. The maximum atomic E-state index is 12.5. The van der Waals surface area contributed by atoms with Gasteiger partial charge in [0.15, 0.2) is 0 Å². The molecule has 7 heteroatoms. The van der Waals surface area contributed by atoms with Crippen molar-refractivity contribution in [3.05, 3.63) is 35.9 Å². The second-order valence-corrected chi connectivity index (χ2v) is 7.77. The van der Waals surface area contributed by atoms with Gasteiger partial charge in [0, 0.05) is 0 Å². The van der Waals surface area contributed by atoms with E-state index in [4.69, 9.17) is 13.8 Å². The van der Waals surface area contributed by atoms with E-state index in [0.29, 0.717) is 5.56 Å². The molecule has 0 heterocycles. The fraction of sp³-hybridized carbons (Fsp3) is 0.462. The molecule has 0 amide bonds.